The fourth-order valence-corrected chi connectivity index (χ4v) is 4.11. The highest BCUT2D eigenvalue weighted by molar-refractivity contribution is 8.47. The molecule has 1 aromatic carbocycles. The molecule has 0 saturated heterocycles. The minimum atomic E-state index is -0.870. The van der Waals surface area contributed by atoms with E-state index < -0.39 is 11.4 Å². The fraction of sp³-hybridized carbons (Fsp3) is 0.438. The van der Waals surface area contributed by atoms with Gasteiger partial charge in [-0.1, -0.05) is 54.3 Å². The Morgan fingerprint density at radius 3 is 2.59 bits per heavy atom. The van der Waals surface area contributed by atoms with Crippen molar-refractivity contribution in [3.05, 3.63) is 35.9 Å². The first kappa shape index (κ1) is 19.0. The van der Waals surface area contributed by atoms with Crippen molar-refractivity contribution < 1.29 is 9.90 Å². The SMILES string of the molecule is CSC(=S)SC(CC(C)(C#N)CCC(=O)O)c1ccccc1. The van der Waals surface area contributed by atoms with Crippen molar-refractivity contribution in [3.8, 4) is 6.07 Å². The van der Waals surface area contributed by atoms with Crippen LogP contribution in [-0.2, 0) is 4.79 Å². The summed E-state index contributed by atoms with van der Waals surface area (Å²) in [6.45, 7) is 1.83. The fourth-order valence-electron chi connectivity index (χ4n) is 2.06. The van der Waals surface area contributed by atoms with E-state index in [0.717, 1.165) is 9.09 Å². The topological polar surface area (TPSA) is 61.1 Å². The number of carboxylic acids is 1. The monoisotopic (exact) mass is 353 g/mol. The zero-order valence-corrected chi connectivity index (χ0v) is 15.1. The van der Waals surface area contributed by atoms with Crippen LogP contribution in [0.25, 0.3) is 0 Å². The van der Waals surface area contributed by atoms with E-state index in [1.54, 1.807) is 11.8 Å². The van der Waals surface area contributed by atoms with E-state index in [1.165, 1.54) is 11.8 Å². The maximum atomic E-state index is 10.8. The number of carbonyl (C=O) groups is 1. The van der Waals surface area contributed by atoms with Crippen molar-refractivity contribution >= 4 is 45.2 Å². The molecule has 1 aromatic rings. The Bertz CT molecular complexity index is 556. The Balaban J connectivity index is 2.93. The van der Waals surface area contributed by atoms with Crippen molar-refractivity contribution in [2.45, 2.75) is 31.4 Å². The third kappa shape index (κ3) is 6.39. The number of hydrogen-bond donors (Lipinski definition) is 1. The first-order valence-corrected chi connectivity index (χ1v) is 9.34. The second-order valence-corrected chi connectivity index (χ2v) is 8.45. The summed E-state index contributed by atoms with van der Waals surface area (Å²) >= 11 is 8.40. The molecule has 0 aromatic heterocycles. The first-order valence-electron chi connectivity index (χ1n) is 6.83. The van der Waals surface area contributed by atoms with Gasteiger partial charge in [-0.05, 0) is 31.6 Å². The zero-order valence-electron chi connectivity index (χ0n) is 12.6. The van der Waals surface area contributed by atoms with Gasteiger partial charge < -0.3 is 5.11 Å². The summed E-state index contributed by atoms with van der Waals surface area (Å²) in [6.07, 6.45) is 2.86. The summed E-state index contributed by atoms with van der Waals surface area (Å²) in [4.78, 5) is 10.8. The van der Waals surface area contributed by atoms with E-state index in [4.69, 9.17) is 17.3 Å². The lowest BCUT2D eigenvalue weighted by Crippen LogP contribution is -2.19. The van der Waals surface area contributed by atoms with Crippen LogP contribution in [0.1, 0.15) is 37.0 Å². The molecule has 0 aliphatic heterocycles. The van der Waals surface area contributed by atoms with Gasteiger partial charge in [0, 0.05) is 11.7 Å². The quantitative estimate of drug-likeness (QED) is 0.704. The molecule has 0 radical (unpaired) electrons. The molecule has 0 spiro atoms. The van der Waals surface area contributed by atoms with Gasteiger partial charge in [0.15, 0.2) is 0 Å². The Morgan fingerprint density at radius 1 is 1.45 bits per heavy atom. The molecule has 2 unspecified atom stereocenters. The highest BCUT2D eigenvalue weighted by atomic mass is 32.2. The number of thiocarbonyl (C=S) groups is 1. The molecule has 22 heavy (non-hydrogen) atoms. The molecule has 0 heterocycles. The maximum Gasteiger partial charge on any atom is 0.303 e. The molecule has 0 aliphatic carbocycles. The van der Waals surface area contributed by atoms with Gasteiger partial charge in [-0.15, -0.1) is 11.8 Å². The van der Waals surface area contributed by atoms with E-state index in [2.05, 4.69) is 6.07 Å². The highest BCUT2D eigenvalue weighted by Crippen LogP contribution is 2.43. The zero-order chi connectivity index (χ0) is 16.6. The van der Waals surface area contributed by atoms with Crippen molar-refractivity contribution in [3.63, 3.8) is 0 Å². The van der Waals surface area contributed by atoms with E-state index in [9.17, 15) is 10.1 Å². The molecule has 1 rings (SSSR count). The van der Waals surface area contributed by atoms with Crippen molar-refractivity contribution in [2.75, 3.05) is 6.26 Å². The van der Waals surface area contributed by atoms with Gasteiger partial charge >= 0.3 is 5.97 Å². The molecule has 2 atom stereocenters. The van der Waals surface area contributed by atoms with Gasteiger partial charge in [-0.3, -0.25) is 4.79 Å². The highest BCUT2D eigenvalue weighted by Gasteiger charge is 2.30. The first-order chi connectivity index (χ1) is 10.4. The van der Waals surface area contributed by atoms with Crippen LogP contribution in [0.15, 0.2) is 30.3 Å². The number of carboxylic acid groups (broad SMARTS) is 1. The van der Waals surface area contributed by atoms with Crippen LogP contribution >= 0.6 is 35.7 Å². The number of rotatable bonds is 7. The lowest BCUT2D eigenvalue weighted by molar-refractivity contribution is -0.137. The van der Waals surface area contributed by atoms with Crippen LogP contribution < -0.4 is 0 Å². The molecule has 3 nitrogen and oxygen atoms in total. The summed E-state index contributed by atoms with van der Waals surface area (Å²) in [7, 11) is 0. The lowest BCUT2D eigenvalue weighted by Gasteiger charge is -2.27. The summed E-state index contributed by atoms with van der Waals surface area (Å²) in [5.41, 5.74) is 0.431. The van der Waals surface area contributed by atoms with Crippen LogP contribution in [0.2, 0.25) is 0 Å². The molecular formula is C16H19NO2S3. The number of nitrogens with zero attached hydrogens (tertiary/aromatic N) is 1. The molecule has 0 bridgehead atoms. The smallest absolute Gasteiger partial charge is 0.303 e. The number of hydrogen-bond acceptors (Lipinski definition) is 5. The van der Waals surface area contributed by atoms with Gasteiger partial charge in [0.1, 0.15) is 3.53 Å². The van der Waals surface area contributed by atoms with Gasteiger partial charge in [0.05, 0.1) is 11.5 Å². The molecule has 0 amide bonds. The van der Waals surface area contributed by atoms with Crippen molar-refractivity contribution in [1.29, 1.82) is 5.26 Å². The normalized spacial score (nSPS) is 14.6. The Morgan fingerprint density at radius 2 is 2.09 bits per heavy atom. The Labute approximate surface area is 145 Å². The third-order valence-electron chi connectivity index (χ3n) is 3.37. The minimum Gasteiger partial charge on any atom is -0.481 e. The molecular weight excluding hydrogens is 334 g/mol. The predicted molar refractivity (Wildman–Crippen MR) is 98.1 cm³/mol. The van der Waals surface area contributed by atoms with Crippen molar-refractivity contribution in [1.82, 2.24) is 0 Å². The minimum absolute atomic E-state index is 0.00319. The largest absolute Gasteiger partial charge is 0.481 e. The molecule has 0 fully saturated rings. The molecule has 118 valence electrons. The van der Waals surface area contributed by atoms with Gasteiger partial charge in [0.25, 0.3) is 0 Å². The van der Waals surface area contributed by atoms with E-state index >= 15 is 0 Å². The Kier molecular flexibility index (Phi) is 7.94. The molecule has 0 aliphatic rings. The van der Waals surface area contributed by atoms with Crippen LogP contribution in [0.5, 0.6) is 0 Å². The summed E-state index contributed by atoms with van der Waals surface area (Å²) in [6, 6.07) is 12.2. The maximum absolute atomic E-state index is 10.8. The molecule has 0 saturated carbocycles. The number of nitriles is 1. The summed E-state index contributed by atoms with van der Waals surface area (Å²) in [5.74, 6) is -0.870. The van der Waals surface area contributed by atoms with Gasteiger partial charge in [-0.2, -0.15) is 5.26 Å². The second kappa shape index (κ2) is 9.19. The van der Waals surface area contributed by atoms with E-state index in [1.807, 2.05) is 43.5 Å². The average Bonchev–Trinajstić information content (AvgIpc) is 2.53. The van der Waals surface area contributed by atoms with Crippen LogP contribution in [0, 0.1) is 16.7 Å². The number of thioether (sulfide) groups is 2. The summed E-state index contributed by atoms with van der Waals surface area (Å²) in [5, 5.41) is 18.4. The van der Waals surface area contributed by atoms with Crippen LogP contribution in [0.3, 0.4) is 0 Å². The van der Waals surface area contributed by atoms with Gasteiger partial charge in [0.2, 0.25) is 0 Å². The third-order valence-corrected chi connectivity index (χ3v) is 6.20. The average molecular weight is 354 g/mol. The lowest BCUT2D eigenvalue weighted by atomic mass is 9.81. The van der Waals surface area contributed by atoms with Gasteiger partial charge in [-0.25, -0.2) is 0 Å². The molecule has 1 N–H and O–H groups in total. The Hall–Kier alpha value is -1.03. The van der Waals surface area contributed by atoms with Crippen LogP contribution in [0.4, 0.5) is 0 Å². The standard InChI is InChI=1S/C16H19NO2S3/c1-16(11-17,9-8-14(18)19)10-13(22-15(20)21-2)12-6-4-3-5-7-12/h3-7,13H,8-10H2,1-2H3,(H,18,19). The van der Waals surface area contributed by atoms with E-state index in [-0.39, 0.29) is 11.7 Å². The number of aliphatic carboxylic acids is 1. The second-order valence-electron chi connectivity index (χ2n) is 5.24. The van der Waals surface area contributed by atoms with E-state index in [0.29, 0.717) is 12.8 Å². The van der Waals surface area contributed by atoms with Crippen molar-refractivity contribution in [2.24, 2.45) is 5.41 Å². The van der Waals surface area contributed by atoms with Crippen LogP contribution in [-0.4, -0.2) is 20.9 Å². The summed E-state index contributed by atoms with van der Waals surface area (Å²) < 4.78 is 0.826. The predicted octanol–water partition coefficient (Wildman–Crippen LogP) is 4.89. The molecule has 6 heteroatoms. The number of benzene rings is 1.